The quantitative estimate of drug-likeness (QED) is 0.300. The third-order valence-corrected chi connectivity index (χ3v) is 7.36. The number of carbonyl (C=O) groups is 2. The number of piperidine rings is 1. The fraction of sp³-hybridized carbons (Fsp3) is 0.346. The first-order chi connectivity index (χ1) is 17.2. The molecule has 188 valence electrons. The minimum Gasteiger partial charge on any atom is -0.357 e. The largest absolute Gasteiger partial charge is 0.446 e. The molecule has 3 amide bonds. The highest BCUT2D eigenvalue weighted by Gasteiger charge is 2.43. The lowest BCUT2D eigenvalue weighted by Gasteiger charge is -2.29. The number of halogens is 3. The fourth-order valence-electron chi connectivity index (χ4n) is 4.78. The number of hydrogen-bond acceptors (Lipinski definition) is 5. The van der Waals surface area contributed by atoms with Gasteiger partial charge in [-0.1, -0.05) is 18.2 Å². The molecule has 0 aliphatic carbocycles. The van der Waals surface area contributed by atoms with Crippen molar-refractivity contribution in [3.8, 4) is 0 Å². The normalized spacial score (nSPS) is 19.0. The number of imide groups is 1. The second-order valence-electron chi connectivity index (χ2n) is 9.01. The van der Waals surface area contributed by atoms with Crippen LogP contribution >= 0.6 is 11.8 Å². The van der Waals surface area contributed by atoms with E-state index in [1.807, 2.05) is 30.3 Å². The first kappa shape index (κ1) is 24.4. The van der Waals surface area contributed by atoms with Gasteiger partial charge in [-0.2, -0.15) is 13.2 Å². The molecule has 0 saturated carbocycles. The molecule has 1 unspecified atom stereocenters. The van der Waals surface area contributed by atoms with Gasteiger partial charge in [0.25, 0.3) is 5.91 Å². The highest BCUT2D eigenvalue weighted by molar-refractivity contribution is 8.00. The van der Waals surface area contributed by atoms with Crippen LogP contribution < -0.4 is 9.80 Å². The summed E-state index contributed by atoms with van der Waals surface area (Å²) in [5.41, 5.74) is -2.44. The Balaban J connectivity index is 1.43. The van der Waals surface area contributed by atoms with E-state index in [4.69, 9.17) is 4.98 Å². The Morgan fingerprint density at radius 2 is 1.69 bits per heavy atom. The standard InChI is InChI=1S/C26H25F3N4O2S/c1-17-24(34)33(19-9-11-20(12-10-19)36-26(27,28)29)25(35)32(17)16-18-15-23(31-13-5-2-6-14-31)30-22-8-4-3-7-21(18)22/h3-4,7-12,15,17H,2,5-6,13-14,16H2,1H3. The van der Waals surface area contributed by atoms with E-state index in [-0.39, 0.29) is 28.9 Å². The van der Waals surface area contributed by atoms with Gasteiger partial charge in [-0.05, 0) is 79.9 Å². The van der Waals surface area contributed by atoms with Crippen LogP contribution in [0.5, 0.6) is 0 Å². The number of alkyl halides is 3. The molecule has 36 heavy (non-hydrogen) atoms. The first-order valence-electron chi connectivity index (χ1n) is 11.9. The van der Waals surface area contributed by atoms with Crippen molar-refractivity contribution in [2.24, 2.45) is 0 Å². The molecule has 2 saturated heterocycles. The minimum atomic E-state index is -4.41. The number of thioether (sulfide) groups is 1. The molecule has 2 aliphatic rings. The van der Waals surface area contributed by atoms with E-state index in [0.29, 0.717) is 0 Å². The molecule has 0 radical (unpaired) electrons. The zero-order chi connectivity index (χ0) is 25.4. The van der Waals surface area contributed by atoms with Crippen LogP contribution in [-0.4, -0.2) is 46.5 Å². The number of fused-ring (bicyclic) bond motifs is 1. The first-order valence-corrected chi connectivity index (χ1v) is 12.7. The number of carbonyl (C=O) groups excluding carboxylic acids is 2. The van der Waals surface area contributed by atoms with Crippen molar-refractivity contribution in [3.63, 3.8) is 0 Å². The summed E-state index contributed by atoms with van der Waals surface area (Å²) in [6.45, 7) is 3.74. The molecular formula is C26H25F3N4O2S. The lowest BCUT2D eigenvalue weighted by Crippen LogP contribution is -2.34. The summed E-state index contributed by atoms with van der Waals surface area (Å²) in [5, 5.41) is 0.915. The molecule has 6 nitrogen and oxygen atoms in total. The number of nitrogens with zero attached hydrogens (tertiary/aromatic N) is 4. The number of amides is 3. The summed E-state index contributed by atoms with van der Waals surface area (Å²) < 4.78 is 38.0. The molecule has 0 N–H and O–H groups in total. The average Bonchev–Trinajstić information content (AvgIpc) is 3.07. The molecule has 2 fully saturated rings. The van der Waals surface area contributed by atoms with Crippen molar-refractivity contribution >= 4 is 46.1 Å². The molecule has 1 aromatic heterocycles. The Labute approximate surface area is 211 Å². The van der Waals surface area contributed by atoms with Crippen LogP contribution in [0.15, 0.2) is 59.5 Å². The molecule has 0 bridgehead atoms. The number of pyridine rings is 1. The Bertz CT molecular complexity index is 1290. The van der Waals surface area contributed by atoms with E-state index in [1.165, 1.54) is 35.6 Å². The molecule has 10 heteroatoms. The zero-order valence-electron chi connectivity index (χ0n) is 19.7. The van der Waals surface area contributed by atoms with Crippen LogP contribution in [0.4, 0.5) is 29.5 Å². The van der Waals surface area contributed by atoms with E-state index in [1.54, 1.807) is 6.92 Å². The lowest BCUT2D eigenvalue weighted by atomic mass is 10.1. The summed E-state index contributed by atoms with van der Waals surface area (Å²) in [4.78, 5) is 36.1. The third kappa shape index (κ3) is 4.86. The second kappa shape index (κ2) is 9.65. The van der Waals surface area contributed by atoms with E-state index < -0.39 is 23.5 Å². The summed E-state index contributed by atoms with van der Waals surface area (Å²) in [5.74, 6) is 0.453. The molecule has 3 heterocycles. The van der Waals surface area contributed by atoms with Gasteiger partial charge in [0.1, 0.15) is 11.9 Å². The van der Waals surface area contributed by atoms with Crippen molar-refractivity contribution in [1.82, 2.24) is 9.88 Å². The van der Waals surface area contributed by atoms with Crippen LogP contribution in [0.2, 0.25) is 0 Å². The molecule has 1 atom stereocenters. The second-order valence-corrected chi connectivity index (χ2v) is 10.1. The van der Waals surface area contributed by atoms with Crippen LogP contribution in [0.25, 0.3) is 10.9 Å². The van der Waals surface area contributed by atoms with Crippen LogP contribution in [0, 0.1) is 0 Å². The maximum absolute atomic E-state index is 13.4. The van der Waals surface area contributed by atoms with E-state index >= 15 is 0 Å². The maximum Gasteiger partial charge on any atom is 0.446 e. The predicted molar refractivity (Wildman–Crippen MR) is 134 cm³/mol. The van der Waals surface area contributed by atoms with Gasteiger partial charge >= 0.3 is 11.5 Å². The third-order valence-electron chi connectivity index (χ3n) is 6.62. The zero-order valence-corrected chi connectivity index (χ0v) is 20.5. The number of hydrogen-bond donors (Lipinski definition) is 0. The average molecular weight is 515 g/mol. The molecule has 2 aliphatic heterocycles. The van der Waals surface area contributed by atoms with E-state index in [0.717, 1.165) is 53.1 Å². The van der Waals surface area contributed by atoms with Gasteiger partial charge in [0.2, 0.25) is 0 Å². The van der Waals surface area contributed by atoms with Crippen molar-refractivity contribution in [3.05, 3.63) is 60.2 Å². The van der Waals surface area contributed by atoms with Gasteiger partial charge in [-0.15, -0.1) is 0 Å². The summed E-state index contributed by atoms with van der Waals surface area (Å²) in [6.07, 6.45) is 3.41. The van der Waals surface area contributed by atoms with Crippen LogP contribution in [-0.2, 0) is 11.3 Å². The smallest absolute Gasteiger partial charge is 0.357 e. The van der Waals surface area contributed by atoms with Crippen LogP contribution in [0.1, 0.15) is 31.7 Å². The Hall–Kier alpha value is -3.27. The highest BCUT2D eigenvalue weighted by Crippen LogP contribution is 2.38. The molecule has 3 aromatic rings. The van der Waals surface area contributed by atoms with Gasteiger partial charge < -0.3 is 9.80 Å². The molecule has 2 aromatic carbocycles. The topological polar surface area (TPSA) is 56.8 Å². The number of anilines is 2. The number of rotatable bonds is 5. The van der Waals surface area contributed by atoms with Gasteiger partial charge in [-0.25, -0.2) is 14.7 Å². The molecular weight excluding hydrogens is 489 g/mol. The molecule has 5 rings (SSSR count). The van der Waals surface area contributed by atoms with E-state index in [2.05, 4.69) is 4.90 Å². The van der Waals surface area contributed by atoms with Gasteiger partial charge in [0.15, 0.2) is 0 Å². The van der Waals surface area contributed by atoms with Gasteiger partial charge in [0.05, 0.1) is 11.2 Å². The summed E-state index contributed by atoms with van der Waals surface area (Å²) in [7, 11) is 0. The summed E-state index contributed by atoms with van der Waals surface area (Å²) >= 11 is -0.238. The van der Waals surface area contributed by atoms with Crippen molar-refractivity contribution in [2.45, 2.75) is 49.2 Å². The monoisotopic (exact) mass is 514 g/mol. The summed E-state index contributed by atoms with van der Waals surface area (Å²) in [6, 6.07) is 13.8. The van der Waals surface area contributed by atoms with Gasteiger partial charge in [0, 0.05) is 29.9 Å². The Morgan fingerprint density at radius 3 is 2.39 bits per heavy atom. The van der Waals surface area contributed by atoms with Crippen molar-refractivity contribution in [1.29, 1.82) is 0 Å². The fourth-order valence-corrected chi connectivity index (χ4v) is 5.32. The minimum absolute atomic E-state index is 0.0104. The highest BCUT2D eigenvalue weighted by atomic mass is 32.2. The predicted octanol–water partition coefficient (Wildman–Crippen LogP) is 6.19. The Morgan fingerprint density at radius 1 is 1.00 bits per heavy atom. The number of benzene rings is 2. The van der Waals surface area contributed by atoms with Crippen molar-refractivity contribution in [2.75, 3.05) is 22.9 Å². The number of aromatic nitrogens is 1. The SMILES string of the molecule is CC1C(=O)N(c2ccc(SC(F)(F)F)cc2)C(=O)N1Cc1cc(N2CCCCC2)nc2ccccc12. The number of para-hydroxylation sites is 1. The van der Waals surface area contributed by atoms with Crippen LogP contribution in [0.3, 0.4) is 0 Å². The lowest BCUT2D eigenvalue weighted by molar-refractivity contribution is -0.119. The number of urea groups is 1. The maximum atomic E-state index is 13.4. The van der Waals surface area contributed by atoms with Gasteiger partial charge in [-0.3, -0.25) is 4.79 Å². The molecule has 0 spiro atoms. The van der Waals surface area contributed by atoms with Crippen molar-refractivity contribution < 1.29 is 22.8 Å². The Kier molecular flexibility index (Phi) is 6.55. The van der Waals surface area contributed by atoms with E-state index in [9.17, 15) is 22.8 Å².